The van der Waals surface area contributed by atoms with Crippen molar-refractivity contribution in [3.8, 4) is 11.5 Å². The minimum atomic E-state index is -2.59. The monoisotopic (exact) mass is 451 g/mol. The Morgan fingerprint density at radius 3 is 2.42 bits per heavy atom. The first-order chi connectivity index (χ1) is 14.9. The topological polar surface area (TPSA) is 79.9 Å². The van der Waals surface area contributed by atoms with Crippen LogP contribution in [0.5, 0.6) is 11.5 Å². The number of likely N-dealkylation sites (N-methyl/N-ethyl adjacent to an activating group) is 1. The molecule has 31 heavy (non-hydrogen) atoms. The Hall–Kier alpha value is -2.85. The highest BCUT2D eigenvalue weighted by molar-refractivity contribution is 7.99. The highest BCUT2D eigenvalue weighted by Gasteiger charge is 2.17. The number of carbonyl (C=O) groups excluding carboxylic acids is 2. The van der Waals surface area contributed by atoms with E-state index in [9.17, 15) is 18.4 Å². The van der Waals surface area contributed by atoms with Crippen molar-refractivity contribution >= 4 is 35.0 Å². The fourth-order valence-corrected chi connectivity index (χ4v) is 3.56. The summed E-state index contributed by atoms with van der Waals surface area (Å²) in [4.78, 5) is 26.8. The minimum Gasteiger partial charge on any atom is -0.486 e. The lowest BCUT2D eigenvalue weighted by Gasteiger charge is -2.21. The van der Waals surface area contributed by atoms with Gasteiger partial charge >= 0.3 is 0 Å². The van der Waals surface area contributed by atoms with E-state index in [1.807, 2.05) is 6.92 Å². The van der Waals surface area contributed by atoms with Gasteiger partial charge in [0.25, 0.3) is 5.76 Å². The summed E-state index contributed by atoms with van der Waals surface area (Å²) in [6.45, 7) is 3.14. The smallest absolute Gasteiger partial charge is 0.288 e. The van der Waals surface area contributed by atoms with Crippen LogP contribution in [0.25, 0.3) is 0 Å². The van der Waals surface area contributed by atoms with E-state index in [1.54, 1.807) is 41.3 Å². The fraction of sp³-hybridized carbons (Fsp3) is 0.333. The van der Waals surface area contributed by atoms with Crippen LogP contribution in [0.15, 0.2) is 47.4 Å². The second kappa shape index (κ2) is 11.0. The zero-order valence-corrected chi connectivity index (χ0v) is 17.7. The van der Waals surface area contributed by atoms with Crippen LogP contribution in [0.2, 0.25) is 0 Å². The number of hydrogen-bond donors (Lipinski definition) is 2. The Balaban J connectivity index is 1.54. The number of anilines is 2. The Kier molecular flexibility index (Phi) is 8.07. The van der Waals surface area contributed by atoms with E-state index in [4.69, 9.17) is 9.47 Å². The molecule has 0 unspecified atom stereocenters. The summed E-state index contributed by atoms with van der Waals surface area (Å²) in [5, 5.41) is 5.42. The second-order valence-corrected chi connectivity index (χ2v) is 7.66. The molecule has 10 heteroatoms. The van der Waals surface area contributed by atoms with Gasteiger partial charge in [-0.25, -0.2) is 0 Å². The van der Waals surface area contributed by atoms with E-state index in [0.29, 0.717) is 54.4 Å². The quantitative estimate of drug-likeness (QED) is 0.567. The van der Waals surface area contributed by atoms with Gasteiger partial charge in [0.2, 0.25) is 11.8 Å². The molecule has 0 bridgehead atoms. The van der Waals surface area contributed by atoms with Gasteiger partial charge in [0.05, 0.1) is 18.8 Å². The van der Waals surface area contributed by atoms with Crippen molar-refractivity contribution in [3.63, 3.8) is 0 Å². The maximum atomic E-state index is 12.7. The van der Waals surface area contributed by atoms with Gasteiger partial charge in [-0.05, 0) is 30.8 Å². The van der Waals surface area contributed by atoms with Gasteiger partial charge in [-0.3, -0.25) is 14.5 Å². The average molecular weight is 451 g/mol. The average Bonchev–Trinajstić information content (AvgIpc) is 2.74. The predicted octanol–water partition coefficient (Wildman–Crippen LogP) is 3.67. The maximum absolute atomic E-state index is 12.7. The van der Waals surface area contributed by atoms with Gasteiger partial charge in [0.15, 0.2) is 11.5 Å². The number of fused-ring (bicyclic) bond motifs is 1. The number of alkyl halides is 2. The molecule has 0 spiro atoms. The van der Waals surface area contributed by atoms with Crippen LogP contribution in [0.3, 0.4) is 0 Å². The van der Waals surface area contributed by atoms with Crippen LogP contribution in [-0.4, -0.2) is 55.3 Å². The number of amides is 2. The molecule has 0 fully saturated rings. The number of nitrogens with zero attached hydrogens (tertiary/aromatic N) is 1. The first kappa shape index (κ1) is 22.8. The molecule has 0 aromatic heterocycles. The SMILES string of the molecule is CCN(CC(=O)Nc1ccc2c(c1)OCCO2)CC(=O)Nc1ccccc1SC(F)F. The molecule has 2 N–H and O–H groups in total. The van der Waals surface area contributed by atoms with Crippen molar-refractivity contribution in [3.05, 3.63) is 42.5 Å². The zero-order chi connectivity index (χ0) is 22.2. The van der Waals surface area contributed by atoms with E-state index in [1.165, 1.54) is 6.07 Å². The normalized spacial score (nSPS) is 12.7. The number of halogens is 2. The lowest BCUT2D eigenvalue weighted by atomic mass is 10.2. The summed E-state index contributed by atoms with van der Waals surface area (Å²) in [7, 11) is 0. The van der Waals surface area contributed by atoms with Gasteiger partial charge in [0.1, 0.15) is 13.2 Å². The third-order valence-electron chi connectivity index (χ3n) is 4.38. The summed E-state index contributed by atoms with van der Waals surface area (Å²) in [5.41, 5.74) is 0.877. The lowest BCUT2D eigenvalue weighted by Crippen LogP contribution is -2.38. The van der Waals surface area contributed by atoms with Crippen molar-refractivity contribution < 1.29 is 27.8 Å². The molecule has 7 nitrogen and oxygen atoms in total. The molecule has 0 aliphatic carbocycles. The first-order valence-electron chi connectivity index (χ1n) is 9.70. The number of benzene rings is 2. The third kappa shape index (κ3) is 6.83. The van der Waals surface area contributed by atoms with E-state index in [2.05, 4.69) is 10.6 Å². The Morgan fingerprint density at radius 2 is 1.71 bits per heavy atom. The molecule has 2 aromatic carbocycles. The van der Waals surface area contributed by atoms with Gasteiger partial charge in [-0.15, -0.1) is 0 Å². The molecule has 166 valence electrons. The third-order valence-corrected chi connectivity index (χ3v) is 5.17. The van der Waals surface area contributed by atoms with E-state index in [-0.39, 0.29) is 23.9 Å². The largest absolute Gasteiger partial charge is 0.486 e. The number of rotatable bonds is 9. The first-order valence-corrected chi connectivity index (χ1v) is 10.6. The highest BCUT2D eigenvalue weighted by atomic mass is 32.2. The van der Waals surface area contributed by atoms with Crippen LogP contribution in [0.4, 0.5) is 20.2 Å². The van der Waals surface area contributed by atoms with Crippen molar-refractivity contribution in [2.45, 2.75) is 17.6 Å². The van der Waals surface area contributed by atoms with Gasteiger partial charge in [-0.2, -0.15) is 8.78 Å². The van der Waals surface area contributed by atoms with Gasteiger partial charge in [0, 0.05) is 16.6 Å². The Bertz CT molecular complexity index is 929. The molecule has 0 radical (unpaired) electrons. The summed E-state index contributed by atoms with van der Waals surface area (Å²) >= 11 is 0.368. The molecule has 2 amide bonds. The molecular formula is C21H23F2N3O4S. The molecule has 1 aliphatic rings. The van der Waals surface area contributed by atoms with Crippen LogP contribution in [-0.2, 0) is 9.59 Å². The highest BCUT2D eigenvalue weighted by Crippen LogP contribution is 2.33. The van der Waals surface area contributed by atoms with Crippen molar-refractivity contribution in [1.82, 2.24) is 4.90 Å². The van der Waals surface area contributed by atoms with E-state index >= 15 is 0 Å². The molecule has 0 saturated heterocycles. The van der Waals surface area contributed by atoms with Gasteiger partial charge < -0.3 is 20.1 Å². The lowest BCUT2D eigenvalue weighted by molar-refractivity contribution is -0.119. The molecular weight excluding hydrogens is 428 g/mol. The summed E-state index contributed by atoms with van der Waals surface area (Å²) < 4.78 is 36.4. The zero-order valence-electron chi connectivity index (χ0n) is 16.9. The molecule has 2 aromatic rings. The maximum Gasteiger partial charge on any atom is 0.288 e. The van der Waals surface area contributed by atoms with E-state index in [0.717, 1.165) is 0 Å². The predicted molar refractivity (Wildman–Crippen MR) is 115 cm³/mol. The number of thioether (sulfide) groups is 1. The number of carbonyl (C=O) groups is 2. The van der Waals surface area contributed by atoms with E-state index < -0.39 is 11.7 Å². The number of hydrogen-bond acceptors (Lipinski definition) is 6. The summed E-state index contributed by atoms with van der Waals surface area (Å²) in [6.07, 6.45) is 0. The Labute approximate surface area is 183 Å². The van der Waals surface area contributed by atoms with Crippen LogP contribution in [0.1, 0.15) is 6.92 Å². The number of ether oxygens (including phenoxy) is 2. The number of para-hydroxylation sites is 1. The second-order valence-electron chi connectivity index (χ2n) is 6.63. The molecule has 1 aliphatic heterocycles. The summed E-state index contributed by atoms with van der Waals surface area (Å²) in [5.74, 6) is -2.08. The number of nitrogens with one attached hydrogen (secondary N) is 2. The molecule has 0 atom stereocenters. The standard InChI is InChI=1S/C21H23F2N3O4S/c1-2-26(13-20(28)25-15-5-3-4-6-18(15)31-21(22)23)12-19(27)24-14-7-8-16-17(11-14)30-10-9-29-16/h3-8,11,21H,2,9-10,12-13H2,1H3,(H,24,27)(H,25,28). The molecule has 1 heterocycles. The van der Waals surface area contributed by atoms with Crippen molar-refractivity contribution in [2.24, 2.45) is 0 Å². The van der Waals surface area contributed by atoms with Crippen molar-refractivity contribution in [1.29, 1.82) is 0 Å². The van der Waals surface area contributed by atoms with Crippen LogP contribution in [0, 0.1) is 0 Å². The molecule has 0 saturated carbocycles. The molecule has 3 rings (SSSR count). The van der Waals surface area contributed by atoms with Crippen LogP contribution >= 0.6 is 11.8 Å². The van der Waals surface area contributed by atoms with Crippen molar-refractivity contribution in [2.75, 3.05) is 43.5 Å². The summed E-state index contributed by atoms with van der Waals surface area (Å²) in [6, 6.07) is 11.5. The minimum absolute atomic E-state index is 0.00814. The Morgan fingerprint density at radius 1 is 1.03 bits per heavy atom. The van der Waals surface area contributed by atoms with Gasteiger partial charge in [-0.1, -0.05) is 30.8 Å². The van der Waals surface area contributed by atoms with Crippen LogP contribution < -0.4 is 20.1 Å². The fourth-order valence-electron chi connectivity index (χ4n) is 2.97.